The molecule has 0 aromatic heterocycles. The average Bonchev–Trinajstić information content (AvgIpc) is 2.11. The molecule has 0 unspecified atom stereocenters. The molecule has 0 rings (SSSR count). The molecular weight excluding hydrogens is 251 g/mol. The Hall–Kier alpha value is -0.175. The van der Waals surface area contributed by atoms with Gasteiger partial charge in [0, 0.05) is 0 Å². The maximum Gasteiger partial charge on any atom is 0.725 e. The van der Waals surface area contributed by atoms with E-state index in [1.54, 1.807) is 0 Å². The van der Waals surface area contributed by atoms with Crippen molar-refractivity contribution in [3.05, 3.63) is 0 Å². The van der Waals surface area contributed by atoms with Gasteiger partial charge < -0.3 is 0 Å². The van der Waals surface area contributed by atoms with Crippen LogP contribution in [0.25, 0.3) is 0 Å². The van der Waals surface area contributed by atoms with Crippen molar-refractivity contribution in [2.75, 3.05) is 0 Å². The first-order chi connectivity index (χ1) is 8.29. The second-order valence-corrected chi connectivity index (χ2v) is 7.16. The van der Waals surface area contributed by atoms with E-state index in [0.29, 0.717) is 0 Å². The van der Waals surface area contributed by atoms with Crippen LogP contribution in [0, 0.1) is 0 Å². The van der Waals surface area contributed by atoms with Crippen molar-refractivity contribution in [1.29, 1.82) is 0 Å². The Kier molecular flexibility index (Phi) is 6.95. The molecule has 0 aromatic rings. The lowest BCUT2D eigenvalue weighted by atomic mass is 10.2. The molecule has 0 heterocycles. The van der Waals surface area contributed by atoms with Crippen LogP contribution < -0.4 is 0 Å². The fraction of sp³-hybridized carbons (Fsp3) is 1.00. The van der Waals surface area contributed by atoms with Crippen LogP contribution in [-0.2, 0) is 29.1 Å². The van der Waals surface area contributed by atoms with Gasteiger partial charge >= 0.3 is 7.32 Å². The van der Waals surface area contributed by atoms with Crippen molar-refractivity contribution in [2.45, 2.75) is 79.1 Å². The molecule has 114 valence electrons. The highest BCUT2D eigenvalue weighted by atomic mass is 17.3. The van der Waals surface area contributed by atoms with Crippen LogP contribution in [0.4, 0.5) is 0 Å². The predicted molar refractivity (Wildman–Crippen MR) is 71.5 cm³/mol. The molecule has 0 aliphatic rings. The Bertz CT molecular complexity index is 208. The Morgan fingerprint density at radius 1 is 0.474 bits per heavy atom. The summed E-state index contributed by atoms with van der Waals surface area (Å²) in [5.74, 6) is 0. The number of rotatable bonds is 6. The summed E-state index contributed by atoms with van der Waals surface area (Å²) in [6, 6.07) is 0. The van der Waals surface area contributed by atoms with Gasteiger partial charge in [-0.15, -0.1) is 0 Å². The molecule has 0 amide bonds. The molecular formula is C12H27BO6. The van der Waals surface area contributed by atoms with E-state index < -0.39 is 24.1 Å². The lowest BCUT2D eigenvalue weighted by Crippen LogP contribution is -2.37. The van der Waals surface area contributed by atoms with Crippen molar-refractivity contribution in [2.24, 2.45) is 0 Å². The number of hydrogen-bond acceptors (Lipinski definition) is 6. The molecule has 0 radical (unpaired) electrons. The number of hydrogen-bond donors (Lipinski definition) is 0. The molecule has 0 aromatic carbocycles. The monoisotopic (exact) mass is 278 g/mol. The Labute approximate surface area is 116 Å². The van der Waals surface area contributed by atoms with Gasteiger partial charge in [-0.2, -0.15) is 0 Å². The molecule has 0 saturated carbocycles. The van der Waals surface area contributed by atoms with Gasteiger partial charge in [0.25, 0.3) is 0 Å². The van der Waals surface area contributed by atoms with Crippen molar-refractivity contribution in [3.63, 3.8) is 0 Å². The van der Waals surface area contributed by atoms with Crippen LogP contribution in [0.3, 0.4) is 0 Å². The zero-order valence-corrected chi connectivity index (χ0v) is 13.5. The SMILES string of the molecule is CC(C)(C)OOB(OOC(C)(C)C)OOC(C)(C)C. The van der Waals surface area contributed by atoms with Gasteiger partial charge in [0.05, 0.1) is 16.8 Å². The third-order valence-corrected chi connectivity index (χ3v) is 1.13. The zero-order valence-electron chi connectivity index (χ0n) is 13.5. The summed E-state index contributed by atoms with van der Waals surface area (Å²) < 4.78 is 0. The van der Waals surface area contributed by atoms with Crippen molar-refractivity contribution >= 4 is 7.32 Å². The molecule has 0 aliphatic heterocycles. The Morgan fingerprint density at radius 2 is 0.684 bits per heavy atom. The van der Waals surface area contributed by atoms with Gasteiger partial charge in [-0.3, -0.25) is 0 Å². The summed E-state index contributed by atoms with van der Waals surface area (Å²) in [5.41, 5.74) is -1.52. The van der Waals surface area contributed by atoms with Gasteiger partial charge in [-0.25, -0.2) is 29.1 Å². The quantitative estimate of drug-likeness (QED) is 0.422. The third-order valence-electron chi connectivity index (χ3n) is 1.13. The minimum absolute atomic E-state index is 0.506. The van der Waals surface area contributed by atoms with Gasteiger partial charge in [-0.05, 0) is 62.3 Å². The second kappa shape index (κ2) is 7.01. The summed E-state index contributed by atoms with van der Waals surface area (Å²) in [6.07, 6.45) is 0. The van der Waals surface area contributed by atoms with E-state index in [4.69, 9.17) is 29.1 Å². The maximum atomic E-state index is 5.11. The van der Waals surface area contributed by atoms with E-state index in [1.165, 1.54) is 0 Å². The van der Waals surface area contributed by atoms with Gasteiger partial charge in [-0.1, -0.05) is 0 Å². The van der Waals surface area contributed by atoms with E-state index in [-0.39, 0.29) is 0 Å². The molecule has 0 bridgehead atoms. The van der Waals surface area contributed by atoms with E-state index >= 15 is 0 Å². The van der Waals surface area contributed by atoms with Crippen LogP contribution in [0.1, 0.15) is 62.3 Å². The third kappa shape index (κ3) is 14.0. The van der Waals surface area contributed by atoms with Crippen molar-refractivity contribution < 1.29 is 29.1 Å². The van der Waals surface area contributed by atoms with Crippen LogP contribution in [0.5, 0.6) is 0 Å². The normalized spacial score (nSPS) is 13.7. The van der Waals surface area contributed by atoms with Crippen molar-refractivity contribution in [3.8, 4) is 0 Å². The minimum Gasteiger partial charge on any atom is -0.242 e. The fourth-order valence-electron chi connectivity index (χ4n) is 0.599. The molecule has 7 heteroatoms. The highest BCUT2D eigenvalue weighted by molar-refractivity contribution is 6.35. The average molecular weight is 278 g/mol. The lowest BCUT2D eigenvalue weighted by Gasteiger charge is -2.25. The van der Waals surface area contributed by atoms with Gasteiger partial charge in [0.2, 0.25) is 0 Å². The summed E-state index contributed by atoms with van der Waals surface area (Å²) in [6.45, 7) is 16.5. The highest BCUT2D eigenvalue weighted by Gasteiger charge is 2.33. The van der Waals surface area contributed by atoms with Crippen LogP contribution >= 0.6 is 0 Å². The maximum absolute atomic E-state index is 5.11. The van der Waals surface area contributed by atoms with Crippen LogP contribution in [0.15, 0.2) is 0 Å². The largest absolute Gasteiger partial charge is 0.725 e. The molecule has 0 aliphatic carbocycles. The first-order valence-electron chi connectivity index (χ1n) is 6.32. The Morgan fingerprint density at radius 3 is 0.842 bits per heavy atom. The molecule has 0 atom stereocenters. The smallest absolute Gasteiger partial charge is 0.242 e. The van der Waals surface area contributed by atoms with E-state index in [1.807, 2.05) is 62.3 Å². The highest BCUT2D eigenvalue weighted by Crippen LogP contribution is 2.15. The molecule has 0 saturated heterocycles. The topological polar surface area (TPSA) is 55.4 Å². The van der Waals surface area contributed by atoms with E-state index in [0.717, 1.165) is 0 Å². The summed E-state index contributed by atoms with van der Waals surface area (Å²) in [4.78, 5) is 30.3. The minimum atomic E-state index is -1.24. The zero-order chi connectivity index (χ0) is 15.3. The molecule has 6 nitrogen and oxygen atoms in total. The second-order valence-electron chi connectivity index (χ2n) is 7.16. The Balaban J connectivity index is 4.30. The first-order valence-corrected chi connectivity index (χ1v) is 6.32. The molecule has 0 fully saturated rings. The van der Waals surface area contributed by atoms with Crippen LogP contribution in [-0.4, -0.2) is 24.1 Å². The van der Waals surface area contributed by atoms with Gasteiger partial charge in [0.15, 0.2) is 0 Å². The van der Waals surface area contributed by atoms with Crippen LogP contribution in [0.2, 0.25) is 0 Å². The summed E-state index contributed by atoms with van der Waals surface area (Å²) in [7, 11) is -1.24. The molecule has 19 heavy (non-hydrogen) atoms. The van der Waals surface area contributed by atoms with E-state index in [2.05, 4.69) is 0 Å². The summed E-state index contributed by atoms with van der Waals surface area (Å²) in [5, 5.41) is 0. The summed E-state index contributed by atoms with van der Waals surface area (Å²) >= 11 is 0. The fourth-order valence-corrected chi connectivity index (χ4v) is 0.599. The van der Waals surface area contributed by atoms with Gasteiger partial charge in [0.1, 0.15) is 0 Å². The molecule has 0 N–H and O–H groups in total. The standard InChI is InChI=1S/C12H27BO6/c1-10(2,3)14-17-13(18-15-11(4,5)6)19-16-12(7,8)9/h1-9H3. The lowest BCUT2D eigenvalue weighted by molar-refractivity contribution is -0.397. The predicted octanol–water partition coefficient (Wildman–Crippen LogP) is 3.21. The first kappa shape index (κ1) is 18.8. The molecule has 0 spiro atoms. The van der Waals surface area contributed by atoms with E-state index in [9.17, 15) is 0 Å². The van der Waals surface area contributed by atoms with Crippen molar-refractivity contribution in [1.82, 2.24) is 0 Å².